The number of para-hydroxylation sites is 1. The molecular weight excluding hydrogens is 232 g/mol. The molecule has 1 aliphatic carbocycles. The SMILES string of the molecule is O=C(Cc1noc2ccccc12)NC1CC(O)C1. The first kappa shape index (κ1) is 11.2. The number of aliphatic hydroxyl groups is 1. The summed E-state index contributed by atoms with van der Waals surface area (Å²) in [6.07, 6.45) is 1.24. The number of amides is 1. The van der Waals surface area contributed by atoms with Crippen LogP contribution in [0.15, 0.2) is 28.8 Å². The van der Waals surface area contributed by atoms with Crippen LogP contribution in [0.2, 0.25) is 0 Å². The Morgan fingerprint density at radius 3 is 3.00 bits per heavy atom. The average Bonchev–Trinajstić information content (AvgIpc) is 2.71. The van der Waals surface area contributed by atoms with Crippen LogP contribution in [0, 0.1) is 0 Å². The third-order valence-corrected chi connectivity index (χ3v) is 3.26. The van der Waals surface area contributed by atoms with Crippen molar-refractivity contribution in [3.63, 3.8) is 0 Å². The van der Waals surface area contributed by atoms with Gasteiger partial charge in [0.2, 0.25) is 5.91 Å². The largest absolute Gasteiger partial charge is 0.393 e. The number of nitrogens with zero attached hydrogens (tertiary/aromatic N) is 1. The normalized spacial score (nSPS) is 22.7. The van der Waals surface area contributed by atoms with E-state index >= 15 is 0 Å². The lowest BCUT2D eigenvalue weighted by atomic mass is 9.89. The van der Waals surface area contributed by atoms with Crippen LogP contribution in [0.3, 0.4) is 0 Å². The van der Waals surface area contributed by atoms with Crippen molar-refractivity contribution in [3.8, 4) is 0 Å². The number of benzene rings is 1. The van der Waals surface area contributed by atoms with Crippen LogP contribution in [0.4, 0.5) is 0 Å². The lowest BCUT2D eigenvalue weighted by Gasteiger charge is -2.31. The van der Waals surface area contributed by atoms with Gasteiger partial charge in [-0.3, -0.25) is 4.79 Å². The lowest BCUT2D eigenvalue weighted by molar-refractivity contribution is -0.122. The molecule has 0 aliphatic heterocycles. The van der Waals surface area contributed by atoms with Crippen LogP contribution in [0.1, 0.15) is 18.5 Å². The molecule has 0 unspecified atom stereocenters. The quantitative estimate of drug-likeness (QED) is 0.847. The van der Waals surface area contributed by atoms with Gasteiger partial charge in [-0.05, 0) is 25.0 Å². The highest BCUT2D eigenvalue weighted by molar-refractivity contribution is 5.86. The first-order valence-electron chi connectivity index (χ1n) is 6.03. The van der Waals surface area contributed by atoms with Gasteiger partial charge in [0.15, 0.2) is 5.58 Å². The van der Waals surface area contributed by atoms with Crippen LogP contribution >= 0.6 is 0 Å². The number of hydrogen-bond donors (Lipinski definition) is 2. The summed E-state index contributed by atoms with van der Waals surface area (Å²) in [7, 11) is 0. The van der Waals surface area contributed by atoms with Crippen molar-refractivity contribution < 1.29 is 14.4 Å². The number of carbonyl (C=O) groups excluding carboxylic acids is 1. The molecule has 0 saturated heterocycles. The highest BCUT2D eigenvalue weighted by atomic mass is 16.5. The molecule has 1 fully saturated rings. The van der Waals surface area contributed by atoms with Crippen molar-refractivity contribution >= 4 is 16.9 Å². The minimum absolute atomic E-state index is 0.0778. The van der Waals surface area contributed by atoms with Gasteiger partial charge in [0, 0.05) is 11.4 Å². The number of aromatic nitrogens is 1. The number of fused-ring (bicyclic) bond motifs is 1. The van der Waals surface area contributed by atoms with Gasteiger partial charge in [-0.15, -0.1) is 0 Å². The van der Waals surface area contributed by atoms with E-state index in [9.17, 15) is 4.79 Å². The van der Waals surface area contributed by atoms with Gasteiger partial charge in [0.1, 0.15) is 5.69 Å². The minimum Gasteiger partial charge on any atom is -0.393 e. The molecule has 94 valence electrons. The first-order valence-corrected chi connectivity index (χ1v) is 6.03. The molecule has 0 bridgehead atoms. The van der Waals surface area contributed by atoms with Crippen molar-refractivity contribution in [1.82, 2.24) is 10.5 Å². The molecule has 2 aromatic rings. The zero-order valence-corrected chi connectivity index (χ0v) is 9.80. The second-order valence-corrected chi connectivity index (χ2v) is 4.69. The Hall–Kier alpha value is -1.88. The molecule has 1 aromatic carbocycles. The third kappa shape index (κ3) is 2.09. The molecule has 0 spiro atoms. The summed E-state index contributed by atoms with van der Waals surface area (Å²) in [5.74, 6) is -0.0778. The fourth-order valence-corrected chi connectivity index (χ4v) is 2.20. The summed E-state index contributed by atoms with van der Waals surface area (Å²) >= 11 is 0. The Balaban J connectivity index is 1.67. The van der Waals surface area contributed by atoms with Gasteiger partial charge >= 0.3 is 0 Å². The van der Waals surface area contributed by atoms with E-state index in [4.69, 9.17) is 9.63 Å². The van der Waals surface area contributed by atoms with E-state index in [1.807, 2.05) is 24.3 Å². The molecule has 1 amide bonds. The molecule has 1 saturated carbocycles. The van der Waals surface area contributed by atoms with E-state index < -0.39 is 0 Å². The molecule has 0 atom stereocenters. The summed E-state index contributed by atoms with van der Waals surface area (Å²) in [5, 5.41) is 16.8. The Kier molecular flexibility index (Phi) is 2.76. The molecule has 1 aromatic heterocycles. The second kappa shape index (κ2) is 4.42. The predicted octanol–water partition coefficient (Wildman–Crippen LogP) is 1.01. The van der Waals surface area contributed by atoms with Crippen molar-refractivity contribution in [1.29, 1.82) is 0 Å². The fraction of sp³-hybridized carbons (Fsp3) is 0.385. The highest BCUT2D eigenvalue weighted by Gasteiger charge is 2.28. The Morgan fingerprint density at radius 1 is 1.44 bits per heavy atom. The molecule has 5 nitrogen and oxygen atoms in total. The van der Waals surface area contributed by atoms with E-state index in [2.05, 4.69) is 10.5 Å². The van der Waals surface area contributed by atoms with Crippen molar-refractivity contribution in [2.24, 2.45) is 0 Å². The van der Waals surface area contributed by atoms with Gasteiger partial charge in [-0.2, -0.15) is 0 Å². The van der Waals surface area contributed by atoms with Crippen LogP contribution in [-0.4, -0.2) is 28.3 Å². The lowest BCUT2D eigenvalue weighted by Crippen LogP contribution is -2.47. The third-order valence-electron chi connectivity index (χ3n) is 3.26. The Labute approximate surface area is 104 Å². The first-order chi connectivity index (χ1) is 8.72. The van der Waals surface area contributed by atoms with Crippen LogP contribution < -0.4 is 5.32 Å². The Morgan fingerprint density at radius 2 is 2.22 bits per heavy atom. The molecule has 2 N–H and O–H groups in total. The van der Waals surface area contributed by atoms with Crippen LogP contribution in [0.5, 0.6) is 0 Å². The molecule has 0 radical (unpaired) electrons. The topological polar surface area (TPSA) is 75.4 Å². The Bertz CT molecular complexity index is 572. The number of rotatable bonds is 3. The maximum Gasteiger partial charge on any atom is 0.226 e. The standard InChI is InChI=1S/C13H14N2O3/c16-9-5-8(6-9)14-13(17)7-11-10-3-1-2-4-12(10)18-15-11/h1-4,8-9,16H,5-7H2,(H,14,17). The van der Waals surface area contributed by atoms with Gasteiger partial charge in [0.25, 0.3) is 0 Å². The predicted molar refractivity (Wildman–Crippen MR) is 64.9 cm³/mol. The molecule has 18 heavy (non-hydrogen) atoms. The van der Waals surface area contributed by atoms with Gasteiger partial charge in [-0.25, -0.2) is 0 Å². The number of carbonyl (C=O) groups is 1. The van der Waals surface area contributed by atoms with Gasteiger partial charge in [-0.1, -0.05) is 17.3 Å². The smallest absolute Gasteiger partial charge is 0.226 e. The van der Waals surface area contributed by atoms with Crippen molar-refractivity contribution in [2.75, 3.05) is 0 Å². The van der Waals surface area contributed by atoms with Gasteiger partial charge in [0.05, 0.1) is 12.5 Å². The monoisotopic (exact) mass is 246 g/mol. The molecule has 1 heterocycles. The maximum atomic E-state index is 11.8. The summed E-state index contributed by atoms with van der Waals surface area (Å²) in [6.45, 7) is 0. The van der Waals surface area contributed by atoms with Crippen molar-refractivity contribution in [3.05, 3.63) is 30.0 Å². The second-order valence-electron chi connectivity index (χ2n) is 4.69. The van der Waals surface area contributed by atoms with E-state index in [1.165, 1.54) is 0 Å². The summed E-state index contributed by atoms with van der Waals surface area (Å²) in [4.78, 5) is 11.8. The molecule has 1 aliphatic rings. The van der Waals surface area contributed by atoms with Crippen LogP contribution in [-0.2, 0) is 11.2 Å². The highest BCUT2D eigenvalue weighted by Crippen LogP contribution is 2.21. The minimum atomic E-state index is -0.261. The maximum absolute atomic E-state index is 11.8. The van der Waals surface area contributed by atoms with E-state index in [0.717, 1.165) is 5.39 Å². The number of aliphatic hydroxyl groups excluding tert-OH is 1. The van der Waals surface area contributed by atoms with Crippen molar-refractivity contribution in [2.45, 2.75) is 31.4 Å². The van der Waals surface area contributed by atoms with E-state index in [-0.39, 0.29) is 24.5 Å². The fourth-order valence-electron chi connectivity index (χ4n) is 2.20. The summed E-state index contributed by atoms with van der Waals surface area (Å²) < 4.78 is 5.14. The molecule has 3 rings (SSSR count). The summed E-state index contributed by atoms with van der Waals surface area (Å²) in [5.41, 5.74) is 1.35. The molecule has 5 heteroatoms. The van der Waals surface area contributed by atoms with Gasteiger partial charge < -0.3 is 14.9 Å². The summed E-state index contributed by atoms with van der Waals surface area (Å²) in [6, 6.07) is 7.58. The van der Waals surface area contributed by atoms with E-state index in [0.29, 0.717) is 24.1 Å². The average molecular weight is 246 g/mol. The van der Waals surface area contributed by atoms with Crippen LogP contribution in [0.25, 0.3) is 11.0 Å². The zero-order chi connectivity index (χ0) is 12.5. The molecular formula is C13H14N2O3. The van der Waals surface area contributed by atoms with E-state index in [1.54, 1.807) is 0 Å². The number of nitrogens with one attached hydrogen (secondary N) is 1. The zero-order valence-electron chi connectivity index (χ0n) is 9.80. The number of hydrogen-bond acceptors (Lipinski definition) is 4.